The van der Waals surface area contributed by atoms with Crippen LogP contribution in [-0.4, -0.2) is 29.7 Å². The van der Waals surface area contributed by atoms with Crippen LogP contribution in [0.15, 0.2) is 30.3 Å². The van der Waals surface area contributed by atoms with Crippen molar-refractivity contribution in [1.82, 2.24) is 10.6 Å². The van der Waals surface area contributed by atoms with Crippen molar-refractivity contribution >= 4 is 5.91 Å². The van der Waals surface area contributed by atoms with Crippen molar-refractivity contribution < 1.29 is 9.90 Å². The van der Waals surface area contributed by atoms with E-state index in [1.807, 2.05) is 37.3 Å². The van der Waals surface area contributed by atoms with Gasteiger partial charge >= 0.3 is 0 Å². The van der Waals surface area contributed by atoms with E-state index in [2.05, 4.69) is 10.6 Å². The molecule has 1 aromatic rings. The maximum Gasteiger partial charge on any atom is 0.240 e. The topological polar surface area (TPSA) is 61.4 Å². The molecule has 4 heteroatoms. The second kappa shape index (κ2) is 5.50. The van der Waals surface area contributed by atoms with E-state index in [9.17, 15) is 9.90 Å². The number of benzene rings is 1. The average Bonchev–Trinajstić information content (AvgIpc) is 2.85. The van der Waals surface area contributed by atoms with Crippen molar-refractivity contribution in [3.05, 3.63) is 35.9 Å². The van der Waals surface area contributed by atoms with Gasteiger partial charge in [-0.05, 0) is 31.9 Å². The van der Waals surface area contributed by atoms with Gasteiger partial charge in [0.05, 0.1) is 18.2 Å². The first kappa shape index (κ1) is 13.1. The molecule has 1 fully saturated rings. The van der Waals surface area contributed by atoms with E-state index < -0.39 is 5.54 Å². The van der Waals surface area contributed by atoms with Gasteiger partial charge in [-0.25, -0.2) is 0 Å². The van der Waals surface area contributed by atoms with Crippen LogP contribution in [0.3, 0.4) is 0 Å². The number of nitrogens with one attached hydrogen (secondary N) is 2. The fourth-order valence-corrected chi connectivity index (χ4v) is 2.33. The molecule has 2 unspecified atom stereocenters. The summed E-state index contributed by atoms with van der Waals surface area (Å²) in [5, 5.41) is 15.6. The Kier molecular flexibility index (Phi) is 3.99. The largest absolute Gasteiger partial charge is 0.394 e. The molecule has 3 N–H and O–H groups in total. The zero-order valence-corrected chi connectivity index (χ0v) is 10.6. The lowest BCUT2D eigenvalue weighted by atomic mass is 9.98. The number of amides is 1. The average molecular weight is 248 g/mol. The quantitative estimate of drug-likeness (QED) is 0.744. The third-order valence-corrected chi connectivity index (χ3v) is 3.56. The van der Waals surface area contributed by atoms with Crippen LogP contribution in [0.2, 0.25) is 0 Å². The molecular weight excluding hydrogens is 228 g/mol. The summed E-state index contributed by atoms with van der Waals surface area (Å²) in [6, 6.07) is 9.20. The van der Waals surface area contributed by atoms with Gasteiger partial charge in [0, 0.05) is 0 Å². The number of aliphatic hydroxyl groups excluding tert-OH is 1. The summed E-state index contributed by atoms with van der Waals surface area (Å²) >= 11 is 0. The van der Waals surface area contributed by atoms with Crippen molar-refractivity contribution in [1.29, 1.82) is 0 Å². The van der Waals surface area contributed by atoms with Crippen molar-refractivity contribution in [2.75, 3.05) is 13.2 Å². The van der Waals surface area contributed by atoms with E-state index in [0.29, 0.717) is 0 Å². The Morgan fingerprint density at radius 1 is 1.50 bits per heavy atom. The van der Waals surface area contributed by atoms with Crippen LogP contribution < -0.4 is 10.6 Å². The first-order chi connectivity index (χ1) is 8.65. The van der Waals surface area contributed by atoms with Gasteiger partial charge in [0.25, 0.3) is 0 Å². The first-order valence-electron chi connectivity index (χ1n) is 6.37. The second-order valence-corrected chi connectivity index (χ2v) is 4.98. The van der Waals surface area contributed by atoms with E-state index in [-0.39, 0.29) is 18.6 Å². The molecule has 18 heavy (non-hydrogen) atoms. The minimum absolute atomic E-state index is 0.0390. The number of carbonyl (C=O) groups excluding carboxylic acids is 1. The smallest absolute Gasteiger partial charge is 0.240 e. The van der Waals surface area contributed by atoms with Crippen LogP contribution in [-0.2, 0) is 4.79 Å². The summed E-state index contributed by atoms with van der Waals surface area (Å²) in [6.07, 6.45) is 1.85. The lowest BCUT2D eigenvalue weighted by molar-refractivity contribution is -0.127. The summed E-state index contributed by atoms with van der Waals surface area (Å²) < 4.78 is 0. The molecule has 1 saturated heterocycles. The molecule has 1 heterocycles. The van der Waals surface area contributed by atoms with Crippen molar-refractivity contribution in [3.8, 4) is 0 Å². The fraction of sp³-hybridized carbons (Fsp3) is 0.500. The van der Waals surface area contributed by atoms with Crippen molar-refractivity contribution in [3.63, 3.8) is 0 Å². The van der Waals surface area contributed by atoms with Gasteiger partial charge < -0.3 is 15.7 Å². The Hall–Kier alpha value is -1.39. The monoisotopic (exact) mass is 248 g/mol. The molecule has 4 nitrogen and oxygen atoms in total. The summed E-state index contributed by atoms with van der Waals surface area (Å²) in [6.45, 7) is 2.69. The third kappa shape index (κ3) is 2.71. The van der Waals surface area contributed by atoms with E-state index >= 15 is 0 Å². The van der Waals surface area contributed by atoms with Gasteiger partial charge in [0.2, 0.25) is 5.91 Å². The lowest BCUT2D eigenvalue weighted by Gasteiger charge is -2.26. The van der Waals surface area contributed by atoms with E-state index in [4.69, 9.17) is 0 Å². The van der Waals surface area contributed by atoms with Gasteiger partial charge in [-0.15, -0.1) is 0 Å². The van der Waals surface area contributed by atoms with Gasteiger partial charge in [0.1, 0.15) is 0 Å². The number of carbonyl (C=O) groups is 1. The lowest BCUT2D eigenvalue weighted by Crippen LogP contribution is -2.52. The molecule has 0 aromatic heterocycles. The molecule has 0 saturated carbocycles. The molecule has 2 atom stereocenters. The van der Waals surface area contributed by atoms with Crippen LogP contribution in [0.4, 0.5) is 0 Å². The maximum absolute atomic E-state index is 12.2. The molecule has 0 radical (unpaired) electrons. The van der Waals surface area contributed by atoms with Gasteiger partial charge in [-0.3, -0.25) is 4.79 Å². The molecule has 98 valence electrons. The zero-order valence-electron chi connectivity index (χ0n) is 10.6. The number of hydrogen-bond donors (Lipinski definition) is 3. The first-order valence-corrected chi connectivity index (χ1v) is 6.37. The van der Waals surface area contributed by atoms with E-state index in [1.54, 1.807) is 0 Å². The summed E-state index contributed by atoms with van der Waals surface area (Å²) in [4.78, 5) is 12.2. The van der Waals surface area contributed by atoms with Crippen LogP contribution >= 0.6 is 0 Å². The van der Waals surface area contributed by atoms with Gasteiger partial charge in [0.15, 0.2) is 0 Å². The highest BCUT2D eigenvalue weighted by molar-refractivity contribution is 5.86. The highest BCUT2D eigenvalue weighted by atomic mass is 16.3. The highest BCUT2D eigenvalue weighted by Gasteiger charge is 2.36. The number of rotatable bonds is 4. The molecule has 2 rings (SSSR count). The second-order valence-electron chi connectivity index (χ2n) is 4.98. The minimum Gasteiger partial charge on any atom is -0.394 e. The van der Waals surface area contributed by atoms with Gasteiger partial charge in [-0.1, -0.05) is 30.3 Å². The van der Waals surface area contributed by atoms with Crippen molar-refractivity contribution in [2.45, 2.75) is 31.3 Å². The minimum atomic E-state index is -0.498. The number of aliphatic hydroxyl groups is 1. The number of hydrogen-bond acceptors (Lipinski definition) is 3. The summed E-state index contributed by atoms with van der Waals surface area (Å²) in [5.41, 5.74) is 0.428. The Balaban J connectivity index is 2.05. The zero-order chi connectivity index (χ0) is 13.0. The molecule has 1 aromatic carbocycles. The van der Waals surface area contributed by atoms with E-state index in [1.165, 1.54) is 0 Å². The maximum atomic E-state index is 12.2. The SMILES string of the molecule is CC1(C(=O)NC(CO)c2ccccc2)CCCN1. The molecular formula is C14H20N2O2. The van der Waals surface area contributed by atoms with Crippen LogP contribution in [0.5, 0.6) is 0 Å². The Labute approximate surface area is 107 Å². The fourth-order valence-electron chi connectivity index (χ4n) is 2.33. The van der Waals surface area contributed by atoms with Gasteiger partial charge in [-0.2, -0.15) is 0 Å². The summed E-state index contributed by atoms with van der Waals surface area (Å²) in [7, 11) is 0. The Bertz CT molecular complexity index is 400. The van der Waals surface area contributed by atoms with Crippen LogP contribution in [0.25, 0.3) is 0 Å². The molecule has 1 aliphatic rings. The molecule has 1 aliphatic heterocycles. The molecule has 1 amide bonds. The van der Waals surface area contributed by atoms with Crippen molar-refractivity contribution in [2.24, 2.45) is 0 Å². The van der Waals surface area contributed by atoms with E-state index in [0.717, 1.165) is 24.9 Å². The molecule has 0 spiro atoms. The predicted octanol–water partition coefficient (Wildman–Crippen LogP) is 0.978. The molecule has 0 aliphatic carbocycles. The predicted molar refractivity (Wildman–Crippen MR) is 70.1 cm³/mol. The highest BCUT2D eigenvalue weighted by Crippen LogP contribution is 2.20. The third-order valence-electron chi connectivity index (χ3n) is 3.56. The molecule has 0 bridgehead atoms. The Morgan fingerprint density at radius 2 is 2.22 bits per heavy atom. The normalized spacial score (nSPS) is 24.8. The standard InChI is InChI=1S/C14H20N2O2/c1-14(8-5-9-15-14)13(18)16-12(10-17)11-6-3-2-4-7-11/h2-4,6-7,12,15,17H,5,8-10H2,1H3,(H,16,18). The Morgan fingerprint density at radius 3 is 2.78 bits per heavy atom. The van der Waals surface area contributed by atoms with Crippen LogP contribution in [0.1, 0.15) is 31.4 Å². The van der Waals surface area contributed by atoms with Crippen LogP contribution in [0, 0.1) is 0 Å². The summed E-state index contributed by atoms with van der Waals surface area (Å²) in [5.74, 6) is -0.0390.